The molecule has 0 unspecified atom stereocenters. The molecule has 0 fully saturated rings. The zero-order valence-corrected chi connectivity index (χ0v) is 54.0. The Kier molecular flexibility index (Phi) is 13.1. The summed E-state index contributed by atoms with van der Waals surface area (Å²) in [6, 6.07) is 120. The van der Waals surface area contributed by atoms with E-state index in [0.717, 1.165) is 0 Å². The van der Waals surface area contributed by atoms with E-state index in [0.29, 0.717) is 0 Å². The summed E-state index contributed by atoms with van der Waals surface area (Å²) < 4.78 is 15.5. The number of hydrogen-bond acceptors (Lipinski definition) is 4. The minimum Gasteiger partial charge on any atom is -0.308 e. The molecule has 6 heteroatoms. The van der Waals surface area contributed by atoms with Crippen LogP contribution in [0.1, 0.15) is 0 Å². The maximum absolute atomic E-state index is 2.45. The third-order valence-electron chi connectivity index (χ3n) is 18.9. The van der Waals surface area contributed by atoms with Gasteiger partial charge in [0.2, 0.25) is 0 Å². The molecule has 20 aromatic rings. The molecule has 0 saturated carbocycles. The SMILES string of the molecule is c1ccc(-c2ccc3sc4c(-c5ccccc5-c5cccc6c5sc5c7ccccc7n(-c7ccccc7)c65)cccc4c3c2)cc1.c1ccc(-c2cccc3c2sc2cccc(-c4ccccc4-c4cccc5c4sc4c6ccccc6n(-c6ccccc6)c54)c23)cc1. The van der Waals surface area contributed by atoms with Gasteiger partial charge in [-0.2, -0.15) is 0 Å². The van der Waals surface area contributed by atoms with Gasteiger partial charge in [-0.15, -0.1) is 45.3 Å². The Labute approximate surface area is 558 Å². The van der Waals surface area contributed by atoms with Crippen LogP contribution in [-0.4, -0.2) is 9.13 Å². The van der Waals surface area contributed by atoms with Crippen LogP contribution in [0.5, 0.6) is 0 Å². The molecule has 0 radical (unpaired) electrons. The molecule has 0 aliphatic rings. The van der Waals surface area contributed by atoms with Gasteiger partial charge in [0.25, 0.3) is 0 Å². The zero-order chi connectivity index (χ0) is 61.8. The van der Waals surface area contributed by atoms with Crippen molar-refractivity contribution in [3.05, 3.63) is 328 Å². The van der Waals surface area contributed by atoms with Crippen LogP contribution < -0.4 is 0 Å². The van der Waals surface area contributed by atoms with E-state index in [9.17, 15) is 0 Å². The average molecular weight is 1270 g/mol. The van der Waals surface area contributed by atoms with E-state index in [4.69, 9.17) is 0 Å². The second kappa shape index (κ2) is 22.4. The van der Waals surface area contributed by atoms with Crippen molar-refractivity contribution >= 4 is 148 Å². The van der Waals surface area contributed by atoms with E-state index < -0.39 is 0 Å². The Morgan fingerprint density at radius 1 is 0.191 bits per heavy atom. The number of benzene rings is 14. The lowest BCUT2D eigenvalue weighted by atomic mass is 9.91. The van der Waals surface area contributed by atoms with Crippen molar-refractivity contribution in [2.45, 2.75) is 0 Å². The fraction of sp³-hybridized carbons (Fsp3) is 0. The van der Waals surface area contributed by atoms with Crippen LogP contribution in [0.25, 0.3) is 181 Å². The number of fused-ring (bicyclic) bond motifs is 16. The largest absolute Gasteiger partial charge is 0.308 e. The summed E-state index contributed by atoms with van der Waals surface area (Å²) >= 11 is 7.64. The molecule has 440 valence electrons. The van der Waals surface area contributed by atoms with Crippen LogP contribution in [-0.2, 0) is 0 Å². The number of aromatic nitrogens is 2. The molecule has 0 saturated heterocycles. The van der Waals surface area contributed by atoms with Gasteiger partial charge < -0.3 is 9.13 Å². The molecule has 0 N–H and O–H groups in total. The molecule has 0 aliphatic heterocycles. The van der Waals surface area contributed by atoms with E-state index >= 15 is 0 Å². The van der Waals surface area contributed by atoms with E-state index in [1.54, 1.807) is 0 Å². The summed E-state index contributed by atoms with van der Waals surface area (Å²) in [5.74, 6) is 0. The van der Waals surface area contributed by atoms with Crippen LogP contribution in [0.3, 0.4) is 0 Å². The smallest absolute Gasteiger partial charge is 0.0727 e. The topological polar surface area (TPSA) is 9.86 Å². The van der Waals surface area contributed by atoms with Gasteiger partial charge in [0.1, 0.15) is 0 Å². The molecule has 0 spiro atoms. The second-order valence-corrected chi connectivity index (χ2v) is 28.2. The van der Waals surface area contributed by atoms with Crippen molar-refractivity contribution in [1.29, 1.82) is 0 Å². The summed E-state index contributed by atoms with van der Waals surface area (Å²) in [5, 5.41) is 10.5. The molecule has 0 atom stereocenters. The Hall–Kier alpha value is -11.0. The molecular weight excluding hydrogens is 1210 g/mol. The molecule has 14 aromatic carbocycles. The predicted molar refractivity (Wildman–Crippen MR) is 411 cm³/mol. The fourth-order valence-corrected chi connectivity index (χ4v) is 19.9. The van der Waals surface area contributed by atoms with Crippen molar-refractivity contribution in [3.8, 4) is 78.1 Å². The number of nitrogens with zero attached hydrogens (tertiary/aromatic N) is 2. The highest BCUT2D eigenvalue weighted by Crippen LogP contribution is 2.52. The van der Waals surface area contributed by atoms with Crippen LogP contribution >= 0.6 is 45.3 Å². The molecule has 2 nitrogen and oxygen atoms in total. The lowest BCUT2D eigenvalue weighted by Crippen LogP contribution is -1.93. The normalized spacial score (nSPS) is 11.8. The van der Waals surface area contributed by atoms with Gasteiger partial charge in [-0.05, 0) is 105 Å². The molecule has 94 heavy (non-hydrogen) atoms. The molecule has 0 bridgehead atoms. The van der Waals surface area contributed by atoms with E-state index in [2.05, 4.69) is 337 Å². The first-order chi connectivity index (χ1) is 46.7. The first-order valence-electron chi connectivity index (χ1n) is 31.9. The molecule has 0 aliphatic carbocycles. The fourth-order valence-electron chi connectivity index (χ4n) is 14.7. The van der Waals surface area contributed by atoms with Gasteiger partial charge in [-0.25, -0.2) is 0 Å². The Morgan fingerprint density at radius 2 is 0.564 bits per heavy atom. The van der Waals surface area contributed by atoms with Crippen LogP contribution in [0.2, 0.25) is 0 Å². The van der Waals surface area contributed by atoms with Crippen LogP contribution in [0, 0.1) is 0 Å². The number of para-hydroxylation sites is 4. The van der Waals surface area contributed by atoms with E-state index in [-0.39, 0.29) is 0 Å². The summed E-state index contributed by atoms with van der Waals surface area (Å²) in [6.07, 6.45) is 0. The lowest BCUT2D eigenvalue weighted by molar-refractivity contribution is 1.19. The average Bonchev–Trinajstić information content (AvgIpc) is 1.57. The molecule has 6 heterocycles. The summed E-state index contributed by atoms with van der Waals surface area (Å²) in [4.78, 5) is 0. The van der Waals surface area contributed by atoms with Crippen LogP contribution in [0.4, 0.5) is 0 Å². The minimum atomic E-state index is 1.19. The zero-order valence-electron chi connectivity index (χ0n) is 50.7. The van der Waals surface area contributed by atoms with Crippen molar-refractivity contribution in [1.82, 2.24) is 9.13 Å². The first-order valence-corrected chi connectivity index (χ1v) is 35.2. The molecule has 0 amide bonds. The summed E-state index contributed by atoms with van der Waals surface area (Å²) in [7, 11) is 0. The number of rotatable bonds is 8. The van der Waals surface area contributed by atoms with Gasteiger partial charge in [-0.1, -0.05) is 273 Å². The minimum absolute atomic E-state index is 1.19. The standard InChI is InChI=1S/2C44H27NS2/c1-3-14-28(15-4-1)30-21-11-24-36-40-33(22-13-27-39(40)46-42(30)36)31-18-7-8-19-32(31)34-23-12-25-37-41-44(47-43(34)37)35-20-9-10-26-38(35)45(41)29-16-5-2-6-17-29;1-3-13-28(14-4-1)29-25-26-40-38(27-29)35-22-11-20-33(42(35)46-40)31-17-7-8-18-32(31)34-21-12-23-37-41-44(47-43(34)37)36-19-9-10-24-39(36)45(41)30-15-5-2-6-16-30/h2*1-27H. The van der Waals surface area contributed by atoms with Crippen molar-refractivity contribution in [3.63, 3.8) is 0 Å². The molecule has 20 rings (SSSR count). The second-order valence-electron chi connectivity index (χ2n) is 24.1. The highest BCUT2D eigenvalue weighted by Gasteiger charge is 2.25. The van der Waals surface area contributed by atoms with Gasteiger partial charge in [0.05, 0.1) is 31.5 Å². The van der Waals surface area contributed by atoms with Crippen LogP contribution in [0.15, 0.2) is 328 Å². The number of thiophene rings is 4. The highest BCUT2D eigenvalue weighted by atomic mass is 32.1. The third kappa shape index (κ3) is 8.72. The highest BCUT2D eigenvalue weighted by molar-refractivity contribution is 7.28. The first kappa shape index (κ1) is 54.7. The number of hydrogen-bond donors (Lipinski definition) is 0. The predicted octanol–water partition coefficient (Wildman–Crippen LogP) is 26.7. The van der Waals surface area contributed by atoms with Crippen molar-refractivity contribution in [2.24, 2.45) is 0 Å². The van der Waals surface area contributed by atoms with Gasteiger partial charge in [-0.3, -0.25) is 0 Å². The summed E-state index contributed by atoms with van der Waals surface area (Å²) in [6.45, 7) is 0. The lowest BCUT2D eigenvalue weighted by Gasteiger charge is -2.13. The molecular formula is C88H54N2S4. The van der Waals surface area contributed by atoms with Crippen molar-refractivity contribution < 1.29 is 0 Å². The van der Waals surface area contributed by atoms with E-state index in [1.807, 2.05) is 45.3 Å². The Balaban J connectivity index is 0.000000133. The Morgan fingerprint density at radius 3 is 1.11 bits per heavy atom. The quantitative estimate of drug-likeness (QED) is 0.143. The van der Waals surface area contributed by atoms with Crippen molar-refractivity contribution in [2.75, 3.05) is 0 Å². The third-order valence-corrected chi connectivity index (χ3v) is 23.8. The molecule has 6 aromatic heterocycles. The Bertz CT molecular complexity index is 6340. The maximum Gasteiger partial charge on any atom is 0.0727 e. The maximum atomic E-state index is 2.45. The summed E-state index contributed by atoms with van der Waals surface area (Å²) in [5.41, 5.74) is 22.7. The monoisotopic (exact) mass is 1270 g/mol. The van der Waals surface area contributed by atoms with E-state index in [1.165, 1.54) is 181 Å². The van der Waals surface area contributed by atoms with Gasteiger partial charge >= 0.3 is 0 Å². The van der Waals surface area contributed by atoms with Gasteiger partial charge in [0, 0.05) is 99.4 Å². The van der Waals surface area contributed by atoms with Gasteiger partial charge in [0.15, 0.2) is 0 Å².